The highest BCUT2D eigenvalue weighted by atomic mass is 32.1. The highest BCUT2D eigenvalue weighted by Gasteiger charge is 2.48. The zero-order valence-electron chi connectivity index (χ0n) is 13.5. The monoisotopic (exact) mass is 365 g/mol. The highest BCUT2D eigenvalue weighted by Crippen LogP contribution is 2.30. The van der Waals surface area contributed by atoms with Crippen LogP contribution in [0.4, 0.5) is 0 Å². The van der Waals surface area contributed by atoms with Crippen molar-refractivity contribution in [1.82, 2.24) is 15.1 Å². The molecule has 26 heavy (non-hydrogen) atoms. The molecule has 8 heteroatoms. The van der Waals surface area contributed by atoms with E-state index in [1.165, 1.54) is 31.2 Å². The lowest BCUT2D eigenvalue weighted by atomic mass is 10.1. The van der Waals surface area contributed by atoms with Crippen molar-refractivity contribution in [3.05, 3.63) is 70.8 Å². The second-order valence-corrected chi connectivity index (χ2v) is 6.33. The van der Waals surface area contributed by atoms with Crippen molar-refractivity contribution in [3.63, 3.8) is 0 Å². The summed E-state index contributed by atoms with van der Waals surface area (Å²) in [6.45, 7) is 1.43. The fraction of sp³-hybridized carbons (Fsp3) is 0.0556. The molecule has 0 aliphatic carbocycles. The molecule has 2 aromatic carbocycles. The fourth-order valence-corrected chi connectivity index (χ4v) is 3.23. The molecular formula is C18H11N3O4S. The molecule has 2 aliphatic rings. The molecular weight excluding hydrogens is 354 g/mol. The quantitative estimate of drug-likeness (QED) is 0.599. The van der Waals surface area contributed by atoms with E-state index in [9.17, 15) is 19.2 Å². The van der Waals surface area contributed by atoms with Crippen LogP contribution in [0.1, 0.15) is 48.4 Å². The maximum Gasteiger partial charge on any atom is 0.282 e. The smallest absolute Gasteiger partial charge is 0.267 e. The number of rotatable bonds is 2. The molecule has 2 aromatic rings. The van der Waals surface area contributed by atoms with E-state index >= 15 is 0 Å². The van der Waals surface area contributed by atoms with Gasteiger partial charge in [-0.3, -0.25) is 19.2 Å². The van der Waals surface area contributed by atoms with Crippen LogP contribution >= 0.6 is 12.2 Å². The van der Waals surface area contributed by atoms with E-state index in [0.717, 1.165) is 15.1 Å². The Bertz CT molecular complexity index is 887. The molecule has 0 N–H and O–H groups in total. The van der Waals surface area contributed by atoms with Gasteiger partial charge < -0.3 is 0 Å². The number of amides is 4. The molecule has 2 heterocycles. The number of imide groups is 2. The van der Waals surface area contributed by atoms with Crippen molar-refractivity contribution in [2.45, 2.75) is 6.92 Å². The lowest BCUT2D eigenvalue weighted by molar-refractivity contribution is -0.0422. The minimum Gasteiger partial charge on any atom is -0.267 e. The minimum atomic E-state index is -0.647. The number of carbonyl (C=O) groups is 4. The Morgan fingerprint density at radius 1 is 0.692 bits per heavy atom. The van der Waals surface area contributed by atoms with Gasteiger partial charge in [-0.15, -0.1) is 0 Å². The molecule has 0 spiro atoms. The van der Waals surface area contributed by atoms with Crippen LogP contribution in [0.2, 0.25) is 0 Å². The zero-order valence-corrected chi connectivity index (χ0v) is 14.3. The van der Waals surface area contributed by atoms with E-state index < -0.39 is 23.6 Å². The van der Waals surface area contributed by atoms with Gasteiger partial charge >= 0.3 is 0 Å². The summed E-state index contributed by atoms with van der Waals surface area (Å²) in [5, 5.41) is 2.34. The van der Waals surface area contributed by atoms with Crippen molar-refractivity contribution in [1.29, 1.82) is 0 Å². The topological polar surface area (TPSA) is 78.0 Å². The van der Waals surface area contributed by atoms with Crippen LogP contribution in [-0.4, -0.2) is 43.8 Å². The predicted molar refractivity (Wildman–Crippen MR) is 94.0 cm³/mol. The third kappa shape index (κ3) is 2.02. The first-order chi connectivity index (χ1) is 12.4. The fourth-order valence-electron chi connectivity index (χ4n) is 3.07. The van der Waals surface area contributed by atoms with Gasteiger partial charge in [-0.25, -0.2) is 0 Å². The number of hydrogen-bond acceptors (Lipinski definition) is 5. The molecule has 0 aromatic heterocycles. The molecule has 0 unspecified atom stereocenters. The third-order valence-corrected chi connectivity index (χ3v) is 4.37. The van der Waals surface area contributed by atoms with Gasteiger partial charge in [0.1, 0.15) is 4.99 Å². The lowest BCUT2D eigenvalue weighted by Crippen LogP contribution is -2.59. The number of fused-ring (bicyclic) bond motifs is 2. The first-order valence-electron chi connectivity index (χ1n) is 7.69. The Balaban J connectivity index is 1.81. The van der Waals surface area contributed by atoms with E-state index in [1.807, 2.05) is 0 Å². The van der Waals surface area contributed by atoms with Crippen LogP contribution in [0.25, 0.3) is 0 Å². The Kier molecular flexibility index (Phi) is 3.45. The van der Waals surface area contributed by atoms with Gasteiger partial charge in [0.05, 0.1) is 22.3 Å². The highest BCUT2D eigenvalue weighted by molar-refractivity contribution is 7.80. The molecule has 4 rings (SSSR count). The van der Waals surface area contributed by atoms with Crippen molar-refractivity contribution in [2.75, 3.05) is 0 Å². The Labute approximate surface area is 153 Å². The molecule has 0 saturated heterocycles. The summed E-state index contributed by atoms with van der Waals surface area (Å²) in [5.74, 6) is -2.59. The van der Waals surface area contributed by atoms with Crippen LogP contribution in [0.5, 0.6) is 0 Å². The van der Waals surface area contributed by atoms with Crippen molar-refractivity contribution in [3.8, 4) is 0 Å². The molecule has 4 amide bonds. The van der Waals surface area contributed by atoms with Crippen molar-refractivity contribution in [2.24, 2.45) is 0 Å². The first-order valence-corrected chi connectivity index (χ1v) is 8.10. The van der Waals surface area contributed by atoms with E-state index in [2.05, 4.69) is 0 Å². The average Bonchev–Trinajstić information content (AvgIpc) is 3.03. The van der Waals surface area contributed by atoms with E-state index in [1.54, 1.807) is 24.3 Å². The maximum atomic E-state index is 12.8. The molecule has 7 nitrogen and oxygen atoms in total. The molecule has 0 radical (unpaired) electrons. The van der Waals surface area contributed by atoms with Crippen molar-refractivity contribution >= 4 is 40.8 Å². The van der Waals surface area contributed by atoms with Crippen LogP contribution in [0.15, 0.2) is 48.5 Å². The number of thiocarbonyl (C=S) groups is 1. The molecule has 0 atom stereocenters. The Morgan fingerprint density at radius 3 is 1.19 bits per heavy atom. The summed E-state index contributed by atoms with van der Waals surface area (Å²) in [6, 6.07) is 12.6. The summed E-state index contributed by atoms with van der Waals surface area (Å²) in [7, 11) is 0. The lowest BCUT2D eigenvalue weighted by Gasteiger charge is -2.35. The number of nitrogens with zero attached hydrogens (tertiary/aromatic N) is 3. The number of hydrogen-bond donors (Lipinski definition) is 0. The van der Waals surface area contributed by atoms with Gasteiger partial charge in [0.25, 0.3) is 23.6 Å². The molecule has 0 fully saturated rings. The van der Waals surface area contributed by atoms with Gasteiger partial charge in [0.15, 0.2) is 0 Å². The zero-order chi connectivity index (χ0) is 18.6. The summed E-state index contributed by atoms with van der Waals surface area (Å²) in [5.41, 5.74) is 0.761. The van der Waals surface area contributed by atoms with Crippen LogP contribution < -0.4 is 0 Å². The van der Waals surface area contributed by atoms with E-state index in [0.29, 0.717) is 0 Å². The molecule has 0 saturated carbocycles. The number of hydrazine groups is 2. The Hall–Kier alpha value is -3.39. The van der Waals surface area contributed by atoms with Crippen LogP contribution in [0.3, 0.4) is 0 Å². The summed E-state index contributed by atoms with van der Waals surface area (Å²) >= 11 is 5.16. The number of benzene rings is 2. The molecule has 128 valence electrons. The Morgan fingerprint density at radius 2 is 0.962 bits per heavy atom. The number of carbonyl (C=O) groups excluding carboxylic acids is 4. The van der Waals surface area contributed by atoms with Gasteiger partial charge in [-0.2, -0.15) is 15.1 Å². The first kappa shape index (κ1) is 16.1. The van der Waals surface area contributed by atoms with Crippen LogP contribution in [0, 0.1) is 0 Å². The van der Waals surface area contributed by atoms with Crippen molar-refractivity contribution < 1.29 is 19.2 Å². The second-order valence-electron chi connectivity index (χ2n) is 5.74. The van der Waals surface area contributed by atoms with Crippen LogP contribution in [-0.2, 0) is 0 Å². The SMILES string of the molecule is CC(=S)N(N1C(=O)c2ccccc2C1=O)N1C(=O)c2ccccc2C1=O. The van der Waals surface area contributed by atoms with Gasteiger partial charge in [-0.1, -0.05) is 36.5 Å². The van der Waals surface area contributed by atoms with E-state index in [4.69, 9.17) is 12.2 Å². The molecule has 2 aliphatic heterocycles. The summed E-state index contributed by atoms with van der Waals surface area (Å²) < 4.78 is 0. The summed E-state index contributed by atoms with van der Waals surface area (Å²) in [4.78, 5) is 51.0. The minimum absolute atomic E-state index is 0.00834. The van der Waals surface area contributed by atoms with E-state index in [-0.39, 0.29) is 27.2 Å². The average molecular weight is 365 g/mol. The second kappa shape index (κ2) is 5.57. The normalized spacial score (nSPS) is 15.4. The largest absolute Gasteiger partial charge is 0.282 e. The predicted octanol–water partition coefficient (Wildman–Crippen LogP) is 2.06. The maximum absolute atomic E-state index is 12.8. The van der Waals surface area contributed by atoms with Gasteiger partial charge in [0, 0.05) is 0 Å². The van der Waals surface area contributed by atoms with Gasteiger partial charge in [-0.05, 0) is 31.2 Å². The third-order valence-electron chi connectivity index (χ3n) is 4.21. The van der Waals surface area contributed by atoms with Gasteiger partial charge in [0.2, 0.25) is 0 Å². The molecule has 0 bridgehead atoms. The summed E-state index contributed by atoms with van der Waals surface area (Å²) in [6.07, 6.45) is 0. The standard InChI is InChI=1S/C18H11N3O4S/c1-10(26)21(19-15(22)11-6-2-3-7-12(11)16(19)23)20-17(24)13-8-4-5-9-14(13)18(20)25/h2-9H,1H3.